The zero-order chi connectivity index (χ0) is 26.3. The molecule has 0 bridgehead atoms. The molecule has 0 radical (unpaired) electrons. The van der Waals surface area contributed by atoms with Gasteiger partial charge in [-0.1, -0.05) is 38.1 Å². The minimum atomic E-state index is -0.303. The second-order valence-corrected chi connectivity index (χ2v) is 8.63. The van der Waals surface area contributed by atoms with Gasteiger partial charge in [0, 0.05) is 0 Å². The van der Waals surface area contributed by atoms with E-state index in [4.69, 9.17) is 38.3 Å². The summed E-state index contributed by atoms with van der Waals surface area (Å²) in [7, 11) is 0. The van der Waals surface area contributed by atoms with Crippen LogP contribution in [-0.2, 0) is 44.4 Å². The summed E-state index contributed by atoms with van der Waals surface area (Å²) in [6.45, 7) is 11.9. The van der Waals surface area contributed by atoms with Crippen LogP contribution in [0.2, 0.25) is 0 Å². The number of ether oxygens (including phenoxy) is 7. The van der Waals surface area contributed by atoms with E-state index >= 15 is 0 Å². The van der Waals surface area contributed by atoms with Crippen LogP contribution in [0.5, 0.6) is 0 Å². The lowest BCUT2D eigenvalue weighted by atomic mass is 9.97. The van der Waals surface area contributed by atoms with Crippen molar-refractivity contribution < 1.29 is 43.1 Å². The van der Waals surface area contributed by atoms with Crippen molar-refractivity contribution in [3.05, 3.63) is 35.4 Å². The lowest BCUT2D eigenvalue weighted by molar-refractivity contribution is -0.146. The highest BCUT2D eigenvalue weighted by Crippen LogP contribution is 2.18. The van der Waals surface area contributed by atoms with Crippen molar-refractivity contribution in [2.75, 3.05) is 92.5 Å². The Morgan fingerprint density at radius 1 is 0.639 bits per heavy atom. The molecule has 0 aliphatic heterocycles. The van der Waals surface area contributed by atoms with Crippen molar-refractivity contribution in [2.24, 2.45) is 5.92 Å². The maximum Gasteiger partial charge on any atom is 0.313 e. The highest BCUT2D eigenvalue weighted by molar-refractivity contribution is 5.77. The van der Waals surface area contributed by atoms with Gasteiger partial charge in [0.2, 0.25) is 0 Å². The van der Waals surface area contributed by atoms with Crippen LogP contribution in [0.25, 0.3) is 0 Å². The van der Waals surface area contributed by atoms with Gasteiger partial charge < -0.3 is 38.3 Å². The molecule has 1 unspecified atom stereocenters. The minimum absolute atomic E-state index is 0.0232. The molecule has 208 valence electrons. The molecule has 0 saturated heterocycles. The molecule has 1 rings (SSSR count). The number of aliphatic hydroxyl groups is 1. The summed E-state index contributed by atoms with van der Waals surface area (Å²) in [6.07, 6.45) is 1.03. The summed E-state index contributed by atoms with van der Waals surface area (Å²) >= 11 is 0. The molecule has 36 heavy (non-hydrogen) atoms. The van der Waals surface area contributed by atoms with Crippen LogP contribution in [0.1, 0.15) is 37.8 Å². The summed E-state index contributed by atoms with van der Waals surface area (Å²) in [4.78, 5) is 12.3. The molecule has 0 aliphatic carbocycles. The maximum absolute atomic E-state index is 12.3. The third-order valence-corrected chi connectivity index (χ3v) is 5.04. The first-order valence-corrected chi connectivity index (χ1v) is 12.9. The molecule has 1 N–H and O–H groups in total. The maximum atomic E-state index is 12.3. The van der Waals surface area contributed by atoms with E-state index in [9.17, 15) is 4.79 Å². The SMILES string of the molecule is CC(C)Cc1ccc(C(C)C(=O)OCCOCCOCCOCCOCCOCCOCCO)cc1. The van der Waals surface area contributed by atoms with E-state index in [0.717, 1.165) is 12.0 Å². The lowest BCUT2D eigenvalue weighted by Gasteiger charge is -2.13. The largest absolute Gasteiger partial charge is 0.463 e. The van der Waals surface area contributed by atoms with Gasteiger partial charge >= 0.3 is 5.97 Å². The summed E-state index contributed by atoms with van der Waals surface area (Å²) in [5, 5.41) is 8.56. The number of hydrogen-bond donors (Lipinski definition) is 1. The van der Waals surface area contributed by atoms with Crippen LogP contribution < -0.4 is 0 Å². The fourth-order valence-corrected chi connectivity index (χ4v) is 3.14. The zero-order valence-electron chi connectivity index (χ0n) is 22.3. The Bertz CT molecular complexity index is 637. The molecule has 0 spiro atoms. The van der Waals surface area contributed by atoms with Crippen molar-refractivity contribution >= 4 is 5.97 Å². The van der Waals surface area contributed by atoms with E-state index < -0.39 is 0 Å². The highest BCUT2D eigenvalue weighted by atomic mass is 16.6. The molecule has 0 heterocycles. The molecule has 9 heteroatoms. The van der Waals surface area contributed by atoms with Crippen LogP contribution in [0.3, 0.4) is 0 Å². The summed E-state index contributed by atoms with van der Waals surface area (Å²) in [5.41, 5.74) is 2.24. The van der Waals surface area contributed by atoms with Crippen LogP contribution in [0.15, 0.2) is 24.3 Å². The van der Waals surface area contributed by atoms with Crippen molar-refractivity contribution in [3.63, 3.8) is 0 Å². The van der Waals surface area contributed by atoms with Crippen molar-refractivity contribution in [2.45, 2.75) is 33.1 Å². The summed E-state index contributed by atoms with van der Waals surface area (Å²) < 4.78 is 37.4. The summed E-state index contributed by atoms with van der Waals surface area (Å²) in [6, 6.07) is 8.17. The predicted molar refractivity (Wildman–Crippen MR) is 136 cm³/mol. The first-order valence-electron chi connectivity index (χ1n) is 12.9. The number of hydrogen-bond acceptors (Lipinski definition) is 9. The Hall–Kier alpha value is -1.59. The lowest BCUT2D eigenvalue weighted by Crippen LogP contribution is -2.17. The molecule has 1 aromatic carbocycles. The minimum Gasteiger partial charge on any atom is -0.463 e. The van der Waals surface area contributed by atoms with Gasteiger partial charge in [0.05, 0.1) is 91.8 Å². The molecular formula is C27H46O9. The predicted octanol–water partition coefficient (Wildman–Crippen LogP) is 2.62. The Morgan fingerprint density at radius 2 is 1.03 bits per heavy atom. The quantitative estimate of drug-likeness (QED) is 0.165. The Kier molecular flexibility index (Phi) is 20.4. The van der Waals surface area contributed by atoms with Gasteiger partial charge in [0.1, 0.15) is 6.61 Å². The zero-order valence-corrected chi connectivity index (χ0v) is 22.3. The molecule has 0 aliphatic rings. The van der Waals surface area contributed by atoms with Crippen molar-refractivity contribution in [1.29, 1.82) is 0 Å². The molecule has 9 nitrogen and oxygen atoms in total. The first-order chi connectivity index (χ1) is 17.5. The van der Waals surface area contributed by atoms with Crippen LogP contribution in [-0.4, -0.2) is 104 Å². The van der Waals surface area contributed by atoms with Crippen LogP contribution >= 0.6 is 0 Å². The van der Waals surface area contributed by atoms with Gasteiger partial charge in [-0.15, -0.1) is 0 Å². The van der Waals surface area contributed by atoms with Gasteiger partial charge in [-0.2, -0.15) is 0 Å². The average Bonchev–Trinajstić information content (AvgIpc) is 2.87. The van der Waals surface area contributed by atoms with E-state index in [1.807, 2.05) is 19.1 Å². The van der Waals surface area contributed by atoms with Gasteiger partial charge in [-0.25, -0.2) is 0 Å². The molecule has 1 aromatic rings. The van der Waals surface area contributed by atoms with Gasteiger partial charge in [-0.05, 0) is 30.4 Å². The fourth-order valence-electron chi connectivity index (χ4n) is 3.14. The topological polar surface area (TPSA) is 102 Å². The standard InChI is InChI=1S/C27H46O9/c1-23(2)22-25-4-6-26(7-5-25)24(3)27(29)36-21-20-35-19-18-34-17-16-33-15-14-32-13-12-31-11-10-30-9-8-28/h4-7,23-24,28H,8-22H2,1-3H3. The smallest absolute Gasteiger partial charge is 0.313 e. The van der Waals surface area contributed by atoms with Gasteiger partial charge in [0.25, 0.3) is 0 Å². The van der Waals surface area contributed by atoms with E-state index in [-0.39, 0.29) is 25.1 Å². The Balaban J connectivity index is 1.86. The molecule has 0 saturated carbocycles. The third kappa shape index (κ3) is 17.8. The third-order valence-electron chi connectivity index (χ3n) is 5.04. The van der Waals surface area contributed by atoms with Gasteiger partial charge in [-0.3, -0.25) is 4.79 Å². The molecule has 0 aromatic heterocycles. The number of carbonyl (C=O) groups is 1. The summed E-state index contributed by atoms with van der Waals surface area (Å²) in [5.74, 6) is 0.0572. The van der Waals surface area contributed by atoms with E-state index in [0.29, 0.717) is 85.2 Å². The molecule has 0 amide bonds. The number of benzene rings is 1. The van der Waals surface area contributed by atoms with Gasteiger partial charge in [0.15, 0.2) is 0 Å². The van der Waals surface area contributed by atoms with Crippen LogP contribution in [0, 0.1) is 5.92 Å². The van der Waals surface area contributed by atoms with Crippen LogP contribution in [0.4, 0.5) is 0 Å². The van der Waals surface area contributed by atoms with Crippen molar-refractivity contribution in [1.82, 2.24) is 0 Å². The highest BCUT2D eigenvalue weighted by Gasteiger charge is 2.16. The molecule has 1 atom stereocenters. The van der Waals surface area contributed by atoms with E-state index in [1.54, 1.807) is 0 Å². The van der Waals surface area contributed by atoms with Crippen molar-refractivity contribution in [3.8, 4) is 0 Å². The Labute approximate surface area is 216 Å². The second-order valence-electron chi connectivity index (χ2n) is 8.63. The average molecular weight is 515 g/mol. The van der Waals surface area contributed by atoms with E-state index in [1.165, 1.54) is 5.56 Å². The molecule has 0 fully saturated rings. The van der Waals surface area contributed by atoms with E-state index in [2.05, 4.69) is 26.0 Å². The normalized spacial score (nSPS) is 12.2. The number of esters is 1. The first kappa shape index (κ1) is 32.4. The monoisotopic (exact) mass is 514 g/mol. The number of carbonyl (C=O) groups excluding carboxylic acids is 1. The number of aliphatic hydroxyl groups excluding tert-OH is 1. The fraction of sp³-hybridized carbons (Fsp3) is 0.741. The molecular weight excluding hydrogens is 468 g/mol. The second kappa shape index (κ2) is 22.6. The Morgan fingerprint density at radius 3 is 1.42 bits per heavy atom. The number of rotatable bonds is 24.